The van der Waals surface area contributed by atoms with Crippen LogP contribution < -0.4 is 5.32 Å². The minimum Gasteiger partial charge on any atom is -0.454 e. The van der Waals surface area contributed by atoms with Crippen molar-refractivity contribution in [1.82, 2.24) is 5.32 Å². The average Bonchev–Trinajstić information content (AvgIpc) is 2.45. The van der Waals surface area contributed by atoms with Crippen LogP contribution in [0, 0.1) is 5.82 Å². The third kappa shape index (κ3) is 7.21. The summed E-state index contributed by atoms with van der Waals surface area (Å²) in [5, 5.41) is 2.42. The molecule has 6 nitrogen and oxygen atoms in total. The molecule has 1 amide bonds. The lowest BCUT2D eigenvalue weighted by atomic mass is 10.1. The number of hydrogen-bond acceptors (Lipinski definition) is 5. The highest BCUT2D eigenvalue weighted by Crippen LogP contribution is 2.09. The lowest BCUT2D eigenvalue weighted by molar-refractivity contribution is -0.146. The molecule has 24 heavy (non-hydrogen) atoms. The van der Waals surface area contributed by atoms with Gasteiger partial charge in [-0.1, -0.05) is 0 Å². The molecule has 0 aromatic heterocycles. The normalized spacial score (nSPS) is 12.2. The Morgan fingerprint density at radius 1 is 1.17 bits per heavy atom. The Balaban J connectivity index is 2.37. The molecule has 0 spiro atoms. The highest BCUT2D eigenvalue weighted by atomic mass is 19.1. The number of carbonyl (C=O) groups is 3. The van der Waals surface area contributed by atoms with Gasteiger partial charge in [-0.2, -0.15) is 0 Å². The standard InChI is InChI=1S/C17H22FNO5/c1-11(15(21)12-5-7-13(18)8-6-12)23-14(20)9-10-19-16(22)24-17(2,3)4/h5-8,11H,9-10H2,1-4H3,(H,19,22)/t11-/m0/s1. The van der Waals surface area contributed by atoms with Crippen LogP contribution in [0.1, 0.15) is 44.5 Å². The molecule has 0 unspecified atom stereocenters. The summed E-state index contributed by atoms with van der Waals surface area (Å²) < 4.78 is 22.9. The molecule has 1 atom stereocenters. The molecule has 1 rings (SSSR count). The van der Waals surface area contributed by atoms with E-state index in [4.69, 9.17) is 9.47 Å². The first-order valence-electron chi connectivity index (χ1n) is 7.54. The second kappa shape index (κ2) is 8.42. The van der Waals surface area contributed by atoms with Gasteiger partial charge in [0.05, 0.1) is 6.42 Å². The van der Waals surface area contributed by atoms with E-state index in [0.717, 1.165) is 12.1 Å². The molecule has 1 N–H and O–H groups in total. The summed E-state index contributed by atoms with van der Waals surface area (Å²) in [7, 11) is 0. The number of alkyl carbamates (subject to hydrolysis) is 1. The summed E-state index contributed by atoms with van der Waals surface area (Å²) in [4.78, 5) is 35.1. The molecule has 0 radical (unpaired) electrons. The number of ketones is 1. The number of hydrogen-bond donors (Lipinski definition) is 1. The Kier molecular flexibility index (Phi) is 6.88. The van der Waals surface area contributed by atoms with Crippen LogP contribution in [0.5, 0.6) is 0 Å². The quantitative estimate of drug-likeness (QED) is 0.636. The third-order valence-corrected chi connectivity index (χ3v) is 2.80. The number of esters is 1. The zero-order valence-electron chi connectivity index (χ0n) is 14.2. The second-order valence-electron chi connectivity index (χ2n) is 6.18. The number of nitrogens with one attached hydrogen (secondary N) is 1. The Morgan fingerprint density at radius 3 is 2.29 bits per heavy atom. The van der Waals surface area contributed by atoms with E-state index in [2.05, 4.69) is 5.32 Å². The van der Waals surface area contributed by atoms with Crippen LogP contribution in [0.2, 0.25) is 0 Å². The van der Waals surface area contributed by atoms with E-state index in [1.165, 1.54) is 19.1 Å². The van der Waals surface area contributed by atoms with Gasteiger partial charge >= 0.3 is 12.1 Å². The van der Waals surface area contributed by atoms with Crippen LogP contribution in [-0.2, 0) is 14.3 Å². The molecule has 0 saturated heterocycles. The molecule has 0 bridgehead atoms. The summed E-state index contributed by atoms with van der Waals surface area (Å²) >= 11 is 0. The number of amides is 1. The maximum Gasteiger partial charge on any atom is 0.407 e. The van der Waals surface area contributed by atoms with Gasteiger partial charge < -0.3 is 14.8 Å². The van der Waals surface area contributed by atoms with Crippen molar-refractivity contribution < 1.29 is 28.2 Å². The number of carbonyl (C=O) groups excluding carboxylic acids is 3. The first-order valence-corrected chi connectivity index (χ1v) is 7.54. The summed E-state index contributed by atoms with van der Waals surface area (Å²) in [6, 6.07) is 4.97. The maximum absolute atomic E-state index is 12.8. The van der Waals surface area contributed by atoms with Crippen molar-refractivity contribution in [3.05, 3.63) is 35.6 Å². The van der Waals surface area contributed by atoms with Gasteiger partial charge in [0.25, 0.3) is 0 Å². The molecule has 0 aliphatic rings. The molecule has 1 aromatic rings. The molecular formula is C17H22FNO5. The number of ether oxygens (including phenoxy) is 2. The number of rotatable bonds is 6. The number of Topliss-reactive ketones (excluding diaryl/α,β-unsaturated/α-hetero) is 1. The van der Waals surface area contributed by atoms with Gasteiger partial charge in [0.2, 0.25) is 5.78 Å². The Labute approximate surface area is 140 Å². The van der Waals surface area contributed by atoms with Crippen LogP contribution in [-0.4, -0.2) is 36.1 Å². The van der Waals surface area contributed by atoms with E-state index in [1.807, 2.05) is 0 Å². The topological polar surface area (TPSA) is 81.7 Å². The lowest BCUT2D eigenvalue weighted by Gasteiger charge is -2.19. The van der Waals surface area contributed by atoms with Crippen LogP contribution >= 0.6 is 0 Å². The van der Waals surface area contributed by atoms with Gasteiger partial charge in [0.15, 0.2) is 6.10 Å². The largest absolute Gasteiger partial charge is 0.454 e. The van der Waals surface area contributed by atoms with Crippen molar-refractivity contribution >= 4 is 17.8 Å². The molecule has 132 valence electrons. The van der Waals surface area contributed by atoms with Gasteiger partial charge in [-0.3, -0.25) is 9.59 Å². The minimum atomic E-state index is -0.996. The van der Waals surface area contributed by atoms with Crippen molar-refractivity contribution in [3.8, 4) is 0 Å². The maximum atomic E-state index is 12.8. The minimum absolute atomic E-state index is 0.0329. The fourth-order valence-electron chi connectivity index (χ4n) is 1.74. The highest BCUT2D eigenvalue weighted by Gasteiger charge is 2.20. The van der Waals surface area contributed by atoms with Crippen LogP contribution in [0.3, 0.4) is 0 Å². The van der Waals surface area contributed by atoms with Crippen LogP contribution in [0.4, 0.5) is 9.18 Å². The Bertz CT molecular complexity index is 592. The van der Waals surface area contributed by atoms with Gasteiger partial charge in [-0.05, 0) is 52.0 Å². The molecule has 0 aliphatic carbocycles. The van der Waals surface area contributed by atoms with Crippen molar-refractivity contribution in [1.29, 1.82) is 0 Å². The first-order chi connectivity index (χ1) is 11.1. The van der Waals surface area contributed by atoms with E-state index < -0.39 is 35.4 Å². The lowest BCUT2D eigenvalue weighted by Crippen LogP contribution is -2.34. The Morgan fingerprint density at radius 2 is 1.75 bits per heavy atom. The van der Waals surface area contributed by atoms with Gasteiger partial charge in [0, 0.05) is 12.1 Å². The predicted octanol–water partition coefficient (Wildman–Crippen LogP) is 2.85. The van der Waals surface area contributed by atoms with Crippen molar-refractivity contribution in [2.75, 3.05) is 6.54 Å². The zero-order chi connectivity index (χ0) is 18.3. The van der Waals surface area contributed by atoms with Gasteiger partial charge in [-0.25, -0.2) is 9.18 Å². The molecular weight excluding hydrogens is 317 g/mol. The summed E-state index contributed by atoms with van der Waals surface area (Å²) in [6.45, 7) is 6.65. The van der Waals surface area contributed by atoms with E-state index >= 15 is 0 Å². The number of benzene rings is 1. The van der Waals surface area contributed by atoms with Crippen LogP contribution in [0.25, 0.3) is 0 Å². The zero-order valence-corrected chi connectivity index (χ0v) is 14.2. The van der Waals surface area contributed by atoms with Crippen molar-refractivity contribution in [2.24, 2.45) is 0 Å². The van der Waals surface area contributed by atoms with E-state index in [-0.39, 0.29) is 18.5 Å². The smallest absolute Gasteiger partial charge is 0.407 e. The van der Waals surface area contributed by atoms with Crippen LogP contribution in [0.15, 0.2) is 24.3 Å². The molecule has 1 aromatic carbocycles. The molecule has 0 aliphatic heterocycles. The fraction of sp³-hybridized carbons (Fsp3) is 0.471. The SMILES string of the molecule is C[C@H](OC(=O)CCNC(=O)OC(C)(C)C)C(=O)c1ccc(F)cc1. The summed E-state index contributed by atoms with van der Waals surface area (Å²) in [6.07, 6.45) is -1.73. The molecule has 0 heterocycles. The summed E-state index contributed by atoms with van der Waals surface area (Å²) in [5.74, 6) is -1.51. The monoisotopic (exact) mass is 339 g/mol. The Hall–Kier alpha value is -2.44. The van der Waals surface area contributed by atoms with Crippen molar-refractivity contribution in [3.63, 3.8) is 0 Å². The van der Waals surface area contributed by atoms with Crippen molar-refractivity contribution in [2.45, 2.75) is 45.8 Å². The number of halogens is 1. The molecule has 7 heteroatoms. The van der Waals surface area contributed by atoms with E-state index in [0.29, 0.717) is 0 Å². The fourth-order valence-corrected chi connectivity index (χ4v) is 1.74. The summed E-state index contributed by atoms with van der Waals surface area (Å²) in [5.41, 5.74) is -0.371. The van der Waals surface area contributed by atoms with E-state index in [9.17, 15) is 18.8 Å². The first kappa shape index (κ1) is 19.6. The molecule has 0 saturated carbocycles. The molecule has 0 fully saturated rings. The second-order valence-corrected chi connectivity index (χ2v) is 6.18. The third-order valence-electron chi connectivity index (χ3n) is 2.80. The highest BCUT2D eigenvalue weighted by molar-refractivity contribution is 6.00. The van der Waals surface area contributed by atoms with Gasteiger partial charge in [-0.15, -0.1) is 0 Å². The predicted molar refractivity (Wildman–Crippen MR) is 85.1 cm³/mol. The van der Waals surface area contributed by atoms with Gasteiger partial charge in [0.1, 0.15) is 11.4 Å². The average molecular weight is 339 g/mol. The van der Waals surface area contributed by atoms with E-state index in [1.54, 1.807) is 20.8 Å².